The third-order valence-electron chi connectivity index (χ3n) is 2.52. The Kier molecular flexibility index (Phi) is 3.51. The fourth-order valence-electron chi connectivity index (χ4n) is 1.56. The Balaban J connectivity index is 2.09. The SMILES string of the molecule is CCOC(=O)C(NC1CC1)c1cccnc1. The van der Waals surface area contributed by atoms with Crippen molar-refractivity contribution in [2.24, 2.45) is 0 Å². The molecule has 2 rings (SSSR count). The third kappa shape index (κ3) is 2.79. The number of carbonyl (C=O) groups excluding carboxylic acids is 1. The lowest BCUT2D eigenvalue weighted by atomic mass is 10.1. The average Bonchev–Trinajstić information content (AvgIpc) is 3.11. The first-order valence-electron chi connectivity index (χ1n) is 5.64. The summed E-state index contributed by atoms with van der Waals surface area (Å²) in [5.74, 6) is -0.220. The normalized spacial score (nSPS) is 16.8. The number of carbonyl (C=O) groups is 1. The van der Waals surface area contributed by atoms with Crippen LogP contribution in [0.2, 0.25) is 0 Å². The van der Waals surface area contributed by atoms with Gasteiger partial charge in [0.25, 0.3) is 0 Å². The molecule has 1 aromatic heterocycles. The molecule has 0 aliphatic heterocycles. The molecule has 0 aromatic carbocycles. The van der Waals surface area contributed by atoms with Crippen molar-refractivity contribution in [3.63, 3.8) is 0 Å². The summed E-state index contributed by atoms with van der Waals surface area (Å²) in [5.41, 5.74) is 0.868. The Labute approximate surface area is 95.0 Å². The summed E-state index contributed by atoms with van der Waals surface area (Å²) in [4.78, 5) is 15.8. The molecule has 1 unspecified atom stereocenters. The summed E-state index contributed by atoms with van der Waals surface area (Å²) in [6.45, 7) is 2.22. The molecule has 0 amide bonds. The van der Waals surface area contributed by atoms with Crippen molar-refractivity contribution >= 4 is 5.97 Å². The molecular weight excluding hydrogens is 204 g/mol. The van der Waals surface area contributed by atoms with Gasteiger partial charge in [0.2, 0.25) is 0 Å². The Morgan fingerprint density at radius 3 is 3.06 bits per heavy atom. The molecule has 1 N–H and O–H groups in total. The number of aromatic nitrogens is 1. The molecule has 0 bridgehead atoms. The second-order valence-corrected chi connectivity index (χ2v) is 3.91. The summed E-state index contributed by atoms with van der Waals surface area (Å²) in [6, 6.07) is 3.80. The van der Waals surface area contributed by atoms with Gasteiger partial charge in [0.1, 0.15) is 6.04 Å². The van der Waals surface area contributed by atoms with Gasteiger partial charge in [0.05, 0.1) is 6.61 Å². The van der Waals surface area contributed by atoms with E-state index < -0.39 is 0 Å². The van der Waals surface area contributed by atoms with Crippen LogP contribution < -0.4 is 5.32 Å². The van der Waals surface area contributed by atoms with E-state index in [4.69, 9.17) is 4.74 Å². The lowest BCUT2D eigenvalue weighted by molar-refractivity contribution is -0.145. The number of nitrogens with zero attached hydrogens (tertiary/aromatic N) is 1. The first-order chi connectivity index (χ1) is 7.81. The molecule has 1 fully saturated rings. The molecule has 1 aliphatic rings. The van der Waals surface area contributed by atoms with Gasteiger partial charge in [-0.05, 0) is 31.4 Å². The van der Waals surface area contributed by atoms with E-state index in [1.54, 1.807) is 12.4 Å². The third-order valence-corrected chi connectivity index (χ3v) is 2.52. The van der Waals surface area contributed by atoms with Crippen molar-refractivity contribution in [1.29, 1.82) is 0 Å². The molecule has 0 saturated heterocycles. The predicted molar refractivity (Wildman–Crippen MR) is 59.8 cm³/mol. The average molecular weight is 220 g/mol. The van der Waals surface area contributed by atoms with Gasteiger partial charge in [-0.3, -0.25) is 10.3 Å². The van der Waals surface area contributed by atoms with Gasteiger partial charge in [0, 0.05) is 18.4 Å². The van der Waals surface area contributed by atoms with Gasteiger partial charge >= 0.3 is 5.97 Å². The second kappa shape index (κ2) is 5.07. The highest BCUT2D eigenvalue weighted by molar-refractivity contribution is 5.77. The molecule has 86 valence electrons. The fourth-order valence-corrected chi connectivity index (χ4v) is 1.56. The minimum absolute atomic E-state index is 0.220. The van der Waals surface area contributed by atoms with Crippen molar-refractivity contribution in [3.05, 3.63) is 30.1 Å². The molecule has 1 aromatic rings. The molecular formula is C12H16N2O2. The lowest BCUT2D eigenvalue weighted by Gasteiger charge is -2.16. The van der Waals surface area contributed by atoms with Crippen LogP contribution in [0.4, 0.5) is 0 Å². The molecule has 1 aliphatic carbocycles. The molecule has 1 atom stereocenters. The van der Waals surface area contributed by atoms with Gasteiger partial charge in [-0.1, -0.05) is 6.07 Å². The maximum absolute atomic E-state index is 11.8. The van der Waals surface area contributed by atoms with Crippen LogP contribution in [0.15, 0.2) is 24.5 Å². The minimum Gasteiger partial charge on any atom is -0.465 e. The monoisotopic (exact) mass is 220 g/mol. The maximum Gasteiger partial charge on any atom is 0.327 e. The number of ether oxygens (including phenoxy) is 1. The van der Waals surface area contributed by atoms with Crippen molar-refractivity contribution in [2.75, 3.05) is 6.61 Å². The van der Waals surface area contributed by atoms with Gasteiger partial charge in [-0.2, -0.15) is 0 Å². The predicted octanol–water partition coefficient (Wildman–Crippen LogP) is 1.44. The number of hydrogen-bond acceptors (Lipinski definition) is 4. The van der Waals surface area contributed by atoms with E-state index in [0.29, 0.717) is 12.6 Å². The highest BCUT2D eigenvalue weighted by atomic mass is 16.5. The molecule has 0 radical (unpaired) electrons. The largest absolute Gasteiger partial charge is 0.465 e. The molecule has 4 heteroatoms. The zero-order chi connectivity index (χ0) is 11.4. The summed E-state index contributed by atoms with van der Waals surface area (Å²) in [6.07, 6.45) is 5.67. The van der Waals surface area contributed by atoms with Crippen molar-refractivity contribution in [2.45, 2.75) is 31.8 Å². The van der Waals surface area contributed by atoms with Crippen LogP contribution in [0.1, 0.15) is 31.4 Å². The van der Waals surface area contributed by atoms with E-state index >= 15 is 0 Å². The Morgan fingerprint density at radius 1 is 1.69 bits per heavy atom. The minimum atomic E-state index is -0.374. The summed E-state index contributed by atoms with van der Waals surface area (Å²) in [7, 11) is 0. The van der Waals surface area contributed by atoms with E-state index in [1.807, 2.05) is 19.1 Å². The van der Waals surface area contributed by atoms with Crippen molar-refractivity contribution in [3.8, 4) is 0 Å². The Morgan fingerprint density at radius 2 is 2.50 bits per heavy atom. The van der Waals surface area contributed by atoms with Gasteiger partial charge in [-0.15, -0.1) is 0 Å². The first kappa shape index (κ1) is 11.1. The van der Waals surface area contributed by atoms with Crippen LogP contribution in [-0.2, 0) is 9.53 Å². The number of rotatable bonds is 5. The summed E-state index contributed by atoms with van der Waals surface area (Å²) >= 11 is 0. The standard InChI is InChI=1S/C12H16N2O2/c1-2-16-12(15)11(14-10-5-6-10)9-4-3-7-13-8-9/h3-4,7-8,10-11,14H,2,5-6H2,1H3. The zero-order valence-corrected chi connectivity index (χ0v) is 9.35. The van der Waals surface area contributed by atoms with Crippen LogP contribution in [0, 0.1) is 0 Å². The summed E-state index contributed by atoms with van der Waals surface area (Å²) in [5, 5.41) is 3.28. The van der Waals surface area contributed by atoms with E-state index in [1.165, 1.54) is 0 Å². The number of esters is 1. The molecule has 0 spiro atoms. The van der Waals surface area contributed by atoms with Crippen LogP contribution in [-0.4, -0.2) is 23.6 Å². The zero-order valence-electron chi connectivity index (χ0n) is 9.35. The number of hydrogen-bond donors (Lipinski definition) is 1. The van der Waals surface area contributed by atoms with E-state index in [0.717, 1.165) is 18.4 Å². The van der Waals surface area contributed by atoms with Crippen LogP contribution in [0.3, 0.4) is 0 Å². The van der Waals surface area contributed by atoms with Crippen LogP contribution in [0.25, 0.3) is 0 Å². The topological polar surface area (TPSA) is 51.2 Å². The van der Waals surface area contributed by atoms with Gasteiger partial charge < -0.3 is 4.74 Å². The van der Waals surface area contributed by atoms with Crippen LogP contribution in [0.5, 0.6) is 0 Å². The van der Waals surface area contributed by atoms with Crippen molar-refractivity contribution < 1.29 is 9.53 Å². The van der Waals surface area contributed by atoms with Crippen LogP contribution >= 0.6 is 0 Å². The number of pyridine rings is 1. The Bertz CT molecular complexity index is 349. The molecule has 1 saturated carbocycles. The van der Waals surface area contributed by atoms with E-state index in [2.05, 4.69) is 10.3 Å². The highest BCUT2D eigenvalue weighted by Gasteiger charge is 2.30. The van der Waals surface area contributed by atoms with Crippen molar-refractivity contribution in [1.82, 2.24) is 10.3 Å². The quantitative estimate of drug-likeness (QED) is 0.763. The fraction of sp³-hybridized carbons (Fsp3) is 0.500. The highest BCUT2D eigenvalue weighted by Crippen LogP contribution is 2.24. The molecule has 4 nitrogen and oxygen atoms in total. The maximum atomic E-state index is 11.8. The van der Waals surface area contributed by atoms with E-state index in [-0.39, 0.29) is 12.0 Å². The molecule has 16 heavy (non-hydrogen) atoms. The smallest absolute Gasteiger partial charge is 0.327 e. The molecule has 1 heterocycles. The van der Waals surface area contributed by atoms with Gasteiger partial charge in [0.15, 0.2) is 0 Å². The van der Waals surface area contributed by atoms with E-state index in [9.17, 15) is 4.79 Å². The first-order valence-corrected chi connectivity index (χ1v) is 5.64. The lowest BCUT2D eigenvalue weighted by Crippen LogP contribution is -2.31. The number of nitrogens with one attached hydrogen (secondary N) is 1. The van der Waals surface area contributed by atoms with Gasteiger partial charge in [-0.25, -0.2) is 4.79 Å². The summed E-state index contributed by atoms with van der Waals surface area (Å²) < 4.78 is 5.06. The Hall–Kier alpha value is -1.42. The second-order valence-electron chi connectivity index (χ2n) is 3.91.